The second-order valence-corrected chi connectivity index (χ2v) is 6.50. The van der Waals surface area contributed by atoms with Crippen LogP contribution in [0.25, 0.3) is 0 Å². The molecule has 4 nitrogen and oxygen atoms in total. The van der Waals surface area contributed by atoms with Crippen LogP contribution in [0.1, 0.15) is 35.8 Å². The maximum absolute atomic E-state index is 12.2. The zero-order chi connectivity index (χ0) is 15.3. The van der Waals surface area contributed by atoms with E-state index in [9.17, 15) is 4.79 Å². The Balaban J connectivity index is 1.84. The predicted octanol–water partition coefficient (Wildman–Crippen LogP) is 4.06. The number of ether oxygens (including phenoxy) is 1. The molecule has 2 aromatic rings. The molecule has 2 aliphatic rings. The number of hydrogen-bond acceptors (Lipinski definition) is 5. The molecule has 1 aromatic carbocycles. The number of hydrogen-bond donors (Lipinski definition) is 0. The highest BCUT2D eigenvalue weighted by Gasteiger charge is 2.41. The van der Waals surface area contributed by atoms with Crippen LogP contribution in [-0.2, 0) is 11.2 Å². The molecule has 0 unspecified atom stereocenters. The normalized spacial score (nSPS) is 24.0. The van der Waals surface area contributed by atoms with Gasteiger partial charge in [0.15, 0.2) is 0 Å². The lowest BCUT2D eigenvalue weighted by atomic mass is 9.94. The predicted molar refractivity (Wildman–Crippen MR) is 82.7 cm³/mol. The fourth-order valence-corrected chi connectivity index (χ4v) is 3.23. The Morgan fingerprint density at radius 2 is 1.86 bits per heavy atom. The highest BCUT2D eigenvalue weighted by molar-refractivity contribution is 7.71. The van der Waals surface area contributed by atoms with Crippen LogP contribution in [0.3, 0.4) is 0 Å². The molecule has 0 radical (unpaired) electrons. The molecule has 1 aliphatic carbocycles. The lowest BCUT2D eigenvalue weighted by molar-refractivity contribution is -0.0274. The number of rotatable bonds is 2. The van der Waals surface area contributed by atoms with Crippen LogP contribution in [0.2, 0.25) is 5.02 Å². The quantitative estimate of drug-likeness (QED) is 0.774. The molecule has 0 saturated heterocycles. The highest BCUT2D eigenvalue weighted by Crippen LogP contribution is 2.43. The van der Waals surface area contributed by atoms with Gasteiger partial charge in [0.05, 0.1) is 6.10 Å². The van der Waals surface area contributed by atoms with Crippen molar-refractivity contribution in [2.24, 2.45) is 5.92 Å². The molecule has 2 heterocycles. The van der Waals surface area contributed by atoms with Crippen LogP contribution in [-0.4, -0.2) is 6.10 Å². The average molecular weight is 337 g/mol. The van der Waals surface area contributed by atoms with Crippen molar-refractivity contribution in [3.8, 4) is 0 Å². The summed E-state index contributed by atoms with van der Waals surface area (Å²) in [6.45, 7) is 0. The van der Waals surface area contributed by atoms with Gasteiger partial charge in [0, 0.05) is 23.7 Å². The van der Waals surface area contributed by atoms with Crippen LogP contribution in [0.5, 0.6) is 0 Å². The molecule has 0 amide bonds. The summed E-state index contributed by atoms with van der Waals surface area (Å²) in [6.07, 6.45) is 2.42. The van der Waals surface area contributed by atoms with Crippen LogP contribution < -0.4 is 5.63 Å². The summed E-state index contributed by atoms with van der Waals surface area (Å²) in [5.74, 6) is 1.11. The van der Waals surface area contributed by atoms with E-state index in [1.54, 1.807) is 12.1 Å². The van der Waals surface area contributed by atoms with Crippen molar-refractivity contribution < 1.29 is 13.6 Å². The minimum absolute atomic E-state index is 0.0492. The smallest absolute Gasteiger partial charge is 0.365 e. The van der Waals surface area contributed by atoms with E-state index in [0.717, 1.165) is 18.4 Å². The Morgan fingerprint density at radius 1 is 1.14 bits per heavy atom. The summed E-state index contributed by atoms with van der Waals surface area (Å²) in [7, 11) is 0. The van der Waals surface area contributed by atoms with E-state index < -0.39 is 11.7 Å². The second-order valence-electron chi connectivity index (χ2n) is 5.73. The lowest BCUT2D eigenvalue weighted by Gasteiger charge is -2.30. The van der Waals surface area contributed by atoms with Crippen molar-refractivity contribution in [1.82, 2.24) is 0 Å². The molecule has 1 saturated carbocycles. The third-order valence-electron chi connectivity index (χ3n) is 4.18. The van der Waals surface area contributed by atoms with Crippen LogP contribution >= 0.6 is 23.8 Å². The van der Waals surface area contributed by atoms with E-state index in [1.165, 1.54) is 0 Å². The molecule has 4 rings (SSSR count). The topological polar surface area (TPSA) is 52.6 Å². The van der Waals surface area contributed by atoms with Crippen molar-refractivity contribution in [2.45, 2.75) is 31.5 Å². The fraction of sp³-hybridized carbons (Fsp3) is 0.375. The monoisotopic (exact) mass is 336 g/mol. The van der Waals surface area contributed by atoms with Crippen LogP contribution in [0.15, 0.2) is 37.9 Å². The van der Waals surface area contributed by atoms with Gasteiger partial charge in [-0.1, -0.05) is 23.7 Å². The Hall–Kier alpha value is -1.43. The van der Waals surface area contributed by atoms with Gasteiger partial charge < -0.3 is 13.6 Å². The summed E-state index contributed by atoms with van der Waals surface area (Å²) in [5, 5.41) is 0.635. The van der Waals surface area contributed by atoms with Gasteiger partial charge in [-0.3, -0.25) is 0 Å². The Morgan fingerprint density at radius 3 is 2.55 bits per heavy atom. The Labute approximate surface area is 136 Å². The summed E-state index contributed by atoms with van der Waals surface area (Å²) in [6, 6.07) is 7.27. The van der Waals surface area contributed by atoms with Crippen molar-refractivity contribution in [2.75, 3.05) is 0 Å². The molecule has 0 N–H and O–H groups in total. The zero-order valence-electron chi connectivity index (χ0n) is 11.6. The van der Waals surface area contributed by atoms with E-state index in [2.05, 4.69) is 0 Å². The number of benzene rings is 1. The molecule has 1 aromatic heterocycles. The largest absolute Gasteiger partial charge is 0.421 e. The first-order valence-electron chi connectivity index (χ1n) is 7.20. The lowest BCUT2D eigenvalue weighted by Crippen LogP contribution is -2.32. The molecular weight excluding hydrogens is 324 g/mol. The van der Waals surface area contributed by atoms with Crippen LogP contribution in [0.4, 0.5) is 0 Å². The summed E-state index contributed by atoms with van der Waals surface area (Å²) in [5.41, 5.74) is 0.781. The minimum atomic E-state index is -0.498. The molecule has 1 aliphatic heterocycles. The third-order valence-corrected chi connectivity index (χ3v) is 4.60. The maximum Gasteiger partial charge on any atom is 0.365 e. The Bertz CT molecular complexity index is 819. The molecule has 22 heavy (non-hydrogen) atoms. The zero-order valence-corrected chi connectivity index (χ0v) is 13.2. The van der Waals surface area contributed by atoms with Gasteiger partial charge in [-0.25, -0.2) is 4.79 Å². The van der Waals surface area contributed by atoms with Gasteiger partial charge >= 0.3 is 10.5 Å². The molecule has 114 valence electrons. The van der Waals surface area contributed by atoms with Crippen molar-refractivity contribution in [3.63, 3.8) is 0 Å². The van der Waals surface area contributed by atoms with Gasteiger partial charge in [-0.2, -0.15) is 0 Å². The van der Waals surface area contributed by atoms with E-state index in [4.69, 9.17) is 37.4 Å². The van der Waals surface area contributed by atoms with Gasteiger partial charge in [0.25, 0.3) is 0 Å². The third kappa shape index (κ3) is 2.53. The van der Waals surface area contributed by atoms with Crippen molar-refractivity contribution in [3.05, 3.63) is 61.5 Å². The molecule has 1 fully saturated rings. The van der Waals surface area contributed by atoms with Gasteiger partial charge in [0.1, 0.15) is 17.4 Å². The van der Waals surface area contributed by atoms with Gasteiger partial charge in [0.2, 0.25) is 0 Å². The summed E-state index contributed by atoms with van der Waals surface area (Å²) in [4.78, 5) is 12.1. The van der Waals surface area contributed by atoms with Crippen molar-refractivity contribution >= 4 is 23.8 Å². The van der Waals surface area contributed by atoms with Gasteiger partial charge in [-0.05, 0) is 36.5 Å². The van der Waals surface area contributed by atoms with Crippen molar-refractivity contribution in [1.29, 1.82) is 0 Å². The SMILES string of the molecule is O=c1oc(=S)oc2c1[C@H](c1ccc(Cl)cc1)O[C@H](C1CC1)C2. The molecular formula is C16H13ClO4S. The second kappa shape index (κ2) is 5.33. The standard InChI is InChI=1S/C16H13ClO4S/c17-10-5-3-9(4-6-10)14-13-12(20-16(22)21-15(13)18)7-11(19-14)8-1-2-8/h3-6,8,11,14H,1-2,7H2/t11-,14-/m0/s1. The fourth-order valence-electron chi connectivity index (χ4n) is 2.93. The summed E-state index contributed by atoms with van der Waals surface area (Å²) >= 11 is 10.8. The van der Waals surface area contributed by atoms with E-state index in [0.29, 0.717) is 28.7 Å². The number of halogens is 1. The molecule has 0 spiro atoms. The summed E-state index contributed by atoms with van der Waals surface area (Å²) < 4.78 is 16.6. The number of fused-ring (bicyclic) bond motifs is 1. The van der Waals surface area contributed by atoms with E-state index in [1.807, 2.05) is 12.1 Å². The maximum atomic E-state index is 12.2. The minimum Gasteiger partial charge on any atom is -0.421 e. The van der Waals surface area contributed by atoms with E-state index in [-0.39, 0.29) is 11.0 Å². The van der Waals surface area contributed by atoms with Gasteiger partial charge in [-0.15, -0.1) is 0 Å². The Kier molecular flexibility index (Phi) is 3.44. The first kappa shape index (κ1) is 14.2. The molecule has 0 bridgehead atoms. The highest BCUT2D eigenvalue weighted by atomic mass is 35.5. The average Bonchev–Trinajstić information content (AvgIpc) is 3.31. The molecule has 2 atom stereocenters. The van der Waals surface area contributed by atoms with E-state index >= 15 is 0 Å². The molecule has 6 heteroatoms. The van der Waals surface area contributed by atoms with Crippen LogP contribution in [0, 0.1) is 10.8 Å². The first-order chi connectivity index (χ1) is 10.6. The first-order valence-corrected chi connectivity index (χ1v) is 7.98.